The number of hydrogen-bond acceptors (Lipinski definition) is 4. The molecule has 1 aromatic carbocycles. The molecular formula is C12H14FNO3. The molecule has 0 radical (unpaired) electrons. The average Bonchev–Trinajstić information content (AvgIpc) is 2.30. The minimum absolute atomic E-state index is 0.00972. The van der Waals surface area contributed by atoms with E-state index >= 15 is 0 Å². The number of benzene rings is 1. The van der Waals surface area contributed by atoms with Crippen LogP contribution >= 0.6 is 0 Å². The number of carbonyl (C=O) groups excluding carboxylic acids is 2. The third-order valence-corrected chi connectivity index (χ3v) is 2.27. The van der Waals surface area contributed by atoms with Gasteiger partial charge in [-0.1, -0.05) is 13.8 Å². The van der Waals surface area contributed by atoms with Crippen LogP contribution in [0.25, 0.3) is 0 Å². The molecule has 0 aromatic heterocycles. The Morgan fingerprint density at radius 2 is 2.18 bits per heavy atom. The Bertz CT molecular complexity index is 444. The van der Waals surface area contributed by atoms with Crippen molar-refractivity contribution in [3.63, 3.8) is 0 Å². The highest BCUT2D eigenvalue weighted by molar-refractivity contribution is 5.83. The van der Waals surface area contributed by atoms with Gasteiger partial charge in [-0.25, -0.2) is 4.39 Å². The minimum atomic E-state index is -0.788. The maximum atomic E-state index is 13.7. The van der Waals surface area contributed by atoms with Crippen LogP contribution in [0, 0.1) is 5.82 Å². The molecule has 0 saturated carbocycles. The Kier molecular flexibility index (Phi) is 4.34. The Balaban J connectivity index is 3.21. The molecule has 4 nitrogen and oxygen atoms in total. The van der Waals surface area contributed by atoms with E-state index in [9.17, 15) is 14.0 Å². The molecule has 0 fully saturated rings. The van der Waals surface area contributed by atoms with Gasteiger partial charge in [0.05, 0.1) is 12.1 Å². The van der Waals surface area contributed by atoms with Crippen molar-refractivity contribution in [1.82, 2.24) is 0 Å². The fourth-order valence-corrected chi connectivity index (χ4v) is 1.32. The molecule has 92 valence electrons. The lowest BCUT2D eigenvalue weighted by atomic mass is 10.0. The second-order valence-corrected chi connectivity index (χ2v) is 3.87. The predicted octanol–water partition coefficient (Wildman–Crippen LogP) is 1.63. The molecule has 0 aliphatic heterocycles. The molecule has 0 heterocycles. The smallest absolute Gasteiger partial charge is 0.325 e. The molecule has 0 saturated heterocycles. The highest BCUT2D eigenvalue weighted by Gasteiger charge is 2.16. The van der Waals surface area contributed by atoms with E-state index in [2.05, 4.69) is 4.74 Å². The summed E-state index contributed by atoms with van der Waals surface area (Å²) in [7, 11) is 0. The van der Waals surface area contributed by atoms with Gasteiger partial charge in [0.1, 0.15) is 0 Å². The van der Waals surface area contributed by atoms with Crippen LogP contribution in [0.1, 0.15) is 35.7 Å². The molecule has 0 aliphatic carbocycles. The fraction of sp³-hybridized carbons (Fsp3) is 0.333. The molecule has 2 N–H and O–H groups in total. The molecule has 0 atom stereocenters. The van der Waals surface area contributed by atoms with Crippen molar-refractivity contribution in [3.8, 4) is 5.75 Å². The van der Waals surface area contributed by atoms with Crippen LogP contribution in [-0.2, 0) is 4.79 Å². The zero-order valence-corrected chi connectivity index (χ0v) is 9.70. The predicted molar refractivity (Wildman–Crippen MR) is 60.6 cm³/mol. The third kappa shape index (κ3) is 3.10. The van der Waals surface area contributed by atoms with E-state index in [-0.39, 0.29) is 23.8 Å². The summed E-state index contributed by atoms with van der Waals surface area (Å²) >= 11 is 0. The monoisotopic (exact) mass is 239 g/mol. The van der Waals surface area contributed by atoms with Gasteiger partial charge in [-0.2, -0.15) is 0 Å². The van der Waals surface area contributed by atoms with E-state index in [1.165, 1.54) is 12.1 Å². The number of hydrogen-bond donors (Lipinski definition) is 1. The quantitative estimate of drug-likeness (QED) is 0.492. The van der Waals surface area contributed by atoms with E-state index < -0.39 is 11.8 Å². The molecule has 5 heteroatoms. The van der Waals surface area contributed by atoms with Crippen LogP contribution < -0.4 is 10.5 Å². The molecule has 0 unspecified atom stereocenters. The highest BCUT2D eigenvalue weighted by Crippen LogP contribution is 2.27. The first-order chi connectivity index (χ1) is 7.99. The summed E-state index contributed by atoms with van der Waals surface area (Å²) in [5.74, 6) is -1.81. The van der Waals surface area contributed by atoms with Gasteiger partial charge < -0.3 is 10.5 Å². The Morgan fingerprint density at radius 3 is 2.65 bits per heavy atom. The summed E-state index contributed by atoms with van der Waals surface area (Å²) in [5.41, 5.74) is 5.73. The molecule has 0 amide bonds. The third-order valence-electron chi connectivity index (χ3n) is 2.27. The summed E-state index contributed by atoms with van der Waals surface area (Å²) in [6.07, 6.45) is 0.452. The lowest BCUT2D eigenvalue weighted by Crippen LogP contribution is -2.20. The Hall–Kier alpha value is -1.75. The largest absolute Gasteiger partial charge is 0.422 e. The van der Waals surface area contributed by atoms with Gasteiger partial charge in [0.25, 0.3) is 0 Å². The zero-order chi connectivity index (χ0) is 13.0. The summed E-state index contributed by atoms with van der Waals surface area (Å²) in [6, 6.07) is 2.75. The van der Waals surface area contributed by atoms with E-state index in [4.69, 9.17) is 5.73 Å². The van der Waals surface area contributed by atoms with Gasteiger partial charge in [-0.15, -0.1) is 0 Å². The lowest BCUT2D eigenvalue weighted by Gasteiger charge is -2.11. The minimum Gasteiger partial charge on any atom is -0.422 e. The highest BCUT2D eigenvalue weighted by atomic mass is 19.1. The van der Waals surface area contributed by atoms with E-state index in [1.807, 2.05) is 13.8 Å². The van der Waals surface area contributed by atoms with Crippen molar-refractivity contribution >= 4 is 12.3 Å². The summed E-state index contributed by atoms with van der Waals surface area (Å²) < 4.78 is 18.4. The van der Waals surface area contributed by atoms with Crippen LogP contribution in [0.2, 0.25) is 0 Å². The van der Waals surface area contributed by atoms with Crippen LogP contribution in [0.5, 0.6) is 5.75 Å². The number of aldehydes is 1. The van der Waals surface area contributed by atoms with E-state index in [0.29, 0.717) is 11.8 Å². The average molecular weight is 239 g/mol. The molecule has 0 aliphatic rings. The van der Waals surface area contributed by atoms with Crippen LogP contribution in [0.15, 0.2) is 12.1 Å². The normalized spacial score (nSPS) is 10.4. The van der Waals surface area contributed by atoms with Gasteiger partial charge in [-0.05, 0) is 23.6 Å². The van der Waals surface area contributed by atoms with Crippen molar-refractivity contribution in [2.75, 3.05) is 6.54 Å². The van der Waals surface area contributed by atoms with Gasteiger partial charge in [0, 0.05) is 0 Å². The van der Waals surface area contributed by atoms with Crippen LogP contribution in [0.4, 0.5) is 4.39 Å². The number of halogens is 1. The molecule has 17 heavy (non-hydrogen) atoms. The van der Waals surface area contributed by atoms with Crippen molar-refractivity contribution in [1.29, 1.82) is 0 Å². The maximum Gasteiger partial charge on any atom is 0.325 e. The van der Waals surface area contributed by atoms with Crippen molar-refractivity contribution < 1.29 is 18.7 Å². The molecular weight excluding hydrogens is 225 g/mol. The van der Waals surface area contributed by atoms with Crippen molar-refractivity contribution in [2.45, 2.75) is 19.8 Å². The number of rotatable bonds is 4. The number of nitrogens with two attached hydrogens (primary N) is 1. The van der Waals surface area contributed by atoms with E-state index in [1.54, 1.807) is 0 Å². The summed E-state index contributed by atoms with van der Waals surface area (Å²) in [4.78, 5) is 21.8. The summed E-state index contributed by atoms with van der Waals surface area (Å²) in [5, 5.41) is 0. The first kappa shape index (κ1) is 13.3. The molecule has 1 aromatic rings. The summed E-state index contributed by atoms with van der Waals surface area (Å²) in [6.45, 7) is 3.37. The second kappa shape index (κ2) is 5.54. The van der Waals surface area contributed by atoms with Gasteiger partial charge in [0.15, 0.2) is 17.9 Å². The molecule has 0 bridgehead atoms. The first-order valence-corrected chi connectivity index (χ1v) is 5.19. The Labute approximate surface area is 98.6 Å². The SMILES string of the molecule is CC(C)c1cc(F)c(OC(=O)CN)c(C=O)c1. The van der Waals surface area contributed by atoms with Crippen LogP contribution in [0.3, 0.4) is 0 Å². The van der Waals surface area contributed by atoms with Crippen LogP contribution in [-0.4, -0.2) is 18.8 Å². The number of carbonyl (C=O) groups is 2. The standard InChI is InChI=1S/C12H14FNO3/c1-7(2)8-3-9(6-15)12(10(13)4-8)17-11(16)5-14/h3-4,6-7H,5,14H2,1-2H3. The maximum absolute atomic E-state index is 13.7. The van der Waals surface area contributed by atoms with Crippen molar-refractivity contribution in [3.05, 3.63) is 29.1 Å². The zero-order valence-electron chi connectivity index (χ0n) is 9.70. The van der Waals surface area contributed by atoms with Gasteiger partial charge >= 0.3 is 5.97 Å². The second-order valence-electron chi connectivity index (χ2n) is 3.87. The number of ether oxygens (including phenoxy) is 1. The molecule has 1 rings (SSSR count). The number of esters is 1. The Morgan fingerprint density at radius 1 is 1.53 bits per heavy atom. The molecule has 0 spiro atoms. The van der Waals surface area contributed by atoms with Gasteiger partial charge in [0.2, 0.25) is 0 Å². The van der Waals surface area contributed by atoms with E-state index in [0.717, 1.165) is 0 Å². The fourth-order valence-electron chi connectivity index (χ4n) is 1.32. The first-order valence-electron chi connectivity index (χ1n) is 5.19. The lowest BCUT2D eigenvalue weighted by molar-refractivity contribution is -0.133. The van der Waals surface area contributed by atoms with Crippen molar-refractivity contribution in [2.24, 2.45) is 5.73 Å². The van der Waals surface area contributed by atoms with Gasteiger partial charge in [-0.3, -0.25) is 9.59 Å². The topological polar surface area (TPSA) is 69.4 Å².